The lowest BCUT2D eigenvalue weighted by atomic mass is 9.86. The van der Waals surface area contributed by atoms with Crippen molar-refractivity contribution in [1.82, 2.24) is 0 Å². The van der Waals surface area contributed by atoms with Gasteiger partial charge in [0.1, 0.15) is 0 Å². The summed E-state index contributed by atoms with van der Waals surface area (Å²) in [7, 11) is 0. The lowest BCUT2D eigenvalue weighted by molar-refractivity contribution is 0.0976. The first kappa shape index (κ1) is 22.1. The van der Waals surface area contributed by atoms with Gasteiger partial charge in [-0.3, -0.25) is 4.79 Å². The molecule has 0 saturated heterocycles. The predicted octanol–water partition coefficient (Wildman–Crippen LogP) is 7.63. The van der Waals surface area contributed by atoms with Crippen LogP contribution in [0.5, 0.6) is 0 Å². The third kappa shape index (κ3) is 5.73. The zero-order valence-corrected chi connectivity index (χ0v) is 19.0. The predicted molar refractivity (Wildman–Crippen MR) is 128 cm³/mol. The summed E-state index contributed by atoms with van der Waals surface area (Å²) in [5.41, 5.74) is 5.39. The molecule has 3 aromatic carbocycles. The molecule has 0 amide bonds. The molecule has 0 spiro atoms. The highest BCUT2D eigenvalue weighted by molar-refractivity contribution is 6.30. The number of rotatable bonds is 7. The van der Waals surface area contributed by atoms with E-state index >= 15 is 0 Å². The number of hydrogen-bond donors (Lipinski definition) is 1. The summed E-state index contributed by atoms with van der Waals surface area (Å²) in [6.07, 6.45) is 1.35. The van der Waals surface area contributed by atoms with Gasteiger partial charge in [0, 0.05) is 22.7 Å². The average Bonchev–Trinajstić information content (AvgIpc) is 2.74. The zero-order valence-electron chi connectivity index (χ0n) is 18.2. The van der Waals surface area contributed by atoms with Crippen LogP contribution in [0.2, 0.25) is 5.02 Å². The van der Waals surface area contributed by atoms with Gasteiger partial charge in [-0.2, -0.15) is 0 Å². The van der Waals surface area contributed by atoms with Crippen LogP contribution in [0.15, 0.2) is 72.8 Å². The smallest absolute Gasteiger partial charge is 0.165 e. The Balaban J connectivity index is 1.86. The molecule has 0 aromatic heterocycles. The number of carbonyl (C=O) groups excluding carboxylic acids is 1. The van der Waals surface area contributed by atoms with Gasteiger partial charge in [0.05, 0.1) is 6.04 Å². The molecule has 1 unspecified atom stereocenters. The van der Waals surface area contributed by atoms with Crippen LogP contribution in [-0.2, 0) is 11.8 Å². The molecule has 0 saturated carbocycles. The van der Waals surface area contributed by atoms with Gasteiger partial charge in [-0.1, -0.05) is 87.8 Å². The summed E-state index contributed by atoms with van der Waals surface area (Å²) < 4.78 is 0. The van der Waals surface area contributed by atoms with Gasteiger partial charge in [0.2, 0.25) is 0 Å². The topological polar surface area (TPSA) is 29.1 Å². The van der Waals surface area contributed by atoms with Gasteiger partial charge in [-0.05, 0) is 52.8 Å². The van der Waals surface area contributed by atoms with Crippen molar-refractivity contribution < 1.29 is 4.79 Å². The van der Waals surface area contributed by atoms with E-state index in [0.29, 0.717) is 11.4 Å². The van der Waals surface area contributed by atoms with E-state index in [0.717, 1.165) is 23.2 Å². The number of hydrogen-bond acceptors (Lipinski definition) is 2. The number of aryl methyl sites for hydroxylation is 1. The maximum Gasteiger partial charge on any atom is 0.165 e. The molecule has 3 aromatic rings. The highest BCUT2D eigenvalue weighted by atomic mass is 35.5. The van der Waals surface area contributed by atoms with E-state index in [1.54, 1.807) is 0 Å². The second kappa shape index (κ2) is 9.49. The Labute approximate surface area is 185 Å². The number of anilines is 1. The third-order valence-corrected chi connectivity index (χ3v) is 5.69. The molecule has 1 N–H and O–H groups in total. The van der Waals surface area contributed by atoms with Gasteiger partial charge in [0.15, 0.2) is 5.78 Å². The Hall–Kier alpha value is -2.58. The van der Waals surface area contributed by atoms with Crippen molar-refractivity contribution in [3.63, 3.8) is 0 Å². The van der Waals surface area contributed by atoms with E-state index in [-0.39, 0.29) is 17.2 Å². The number of nitrogens with one attached hydrogen (secondary N) is 1. The summed E-state index contributed by atoms with van der Waals surface area (Å²) in [6.45, 7) is 8.73. The molecule has 0 aliphatic carbocycles. The first-order valence-corrected chi connectivity index (χ1v) is 10.9. The minimum absolute atomic E-state index is 0.0917. The van der Waals surface area contributed by atoms with Crippen LogP contribution in [0.25, 0.3) is 0 Å². The summed E-state index contributed by atoms with van der Waals surface area (Å²) in [5, 5.41) is 4.22. The largest absolute Gasteiger partial charge is 0.378 e. The molecule has 0 fully saturated rings. The summed E-state index contributed by atoms with van der Waals surface area (Å²) in [6, 6.07) is 24.0. The monoisotopic (exact) mass is 419 g/mol. The minimum Gasteiger partial charge on any atom is -0.378 e. The quantitative estimate of drug-likeness (QED) is 0.399. The summed E-state index contributed by atoms with van der Waals surface area (Å²) in [5.74, 6) is 0.129. The van der Waals surface area contributed by atoms with Gasteiger partial charge < -0.3 is 5.32 Å². The van der Waals surface area contributed by atoms with Gasteiger partial charge >= 0.3 is 0 Å². The second-order valence-electron chi connectivity index (χ2n) is 8.75. The highest BCUT2D eigenvalue weighted by Crippen LogP contribution is 2.28. The summed E-state index contributed by atoms with van der Waals surface area (Å²) >= 11 is 6.03. The molecule has 0 aliphatic rings. The number of carbonyl (C=O) groups is 1. The fourth-order valence-corrected chi connectivity index (χ4v) is 3.57. The Morgan fingerprint density at radius 1 is 0.900 bits per heavy atom. The van der Waals surface area contributed by atoms with Crippen LogP contribution in [0.3, 0.4) is 0 Å². The van der Waals surface area contributed by atoms with Crippen molar-refractivity contribution in [2.45, 2.75) is 52.0 Å². The number of halogens is 1. The second-order valence-corrected chi connectivity index (χ2v) is 9.19. The first-order chi connectivity index (χ1) is 14.3. The molecule has 30 heavy (non-hydrogen) atoms. The van der Waals surface area contributed by atoms with E-state index in [9.17, 15) is 4.79 Å². The molecule has 1 atom stereocenters. The van der Waals surface area contributed by atoms with E-state index in [4.69, 9.17) is 11.6 Å². The zero-order chi connectivity index (χ0) is 21.7. The average molecular weight is 420 g/mol. The molecule has 2 nitrogen and oxygen atoms in total. The third-order valence-electron chi connectivity index (χ3n) is 5.44. The van der Waals surface area contributed by atoms with Crippen molar-refractivity contribution >= 4 is 23.1 Å². The maximum absolute atomic E-state index is 13.0. The van der Waals surface area contributed by atoms with Gasteiger partial charge in [-0.15, -0.1) is 0 Å². The maximum atomic E-state index is 13.0. The Kier molecular flexibility index (Phi) is 6.99. The van der Waals surface area contributed by atoms with Crippen LogP contribution in [0.1, 0.15) is 67.2 Å². The van der Waals surface area contributed by atoms with Crippen LogP contribution < -0.4 is 5.32 Å². The molecule has 3 rings (SSSR count). The number of benzene rings is 3. The lowest BCUT2D eigenvalue weighted by Crippen LogP contribution is -2.17. The molecule has 156 valence electrons. The molecular formula is C27H30ClNO. The van der Waals surface area contributed by atoms with Crippen LogP contribution in [0, 0.1) is 0 Å². The normalized spacial score (nSPS) is 12.4. The Morgan fingerprint density at radius 3 is 2.03 bits per heavy atom. The lowest BCUT2D eigenvalue weighted by Gasteiger charge is -2.23. The first-order valence-electron chi connectivity index (χ1n) is 10.5. The molecule has 0 bridgehead atoms. The number of ketones is 1. The van der Waals surface area contributed by atoms with Crippen molar-refractivity contribution in [3.05, 3.63) is 100 Å². The summed E-state index contributed by atoms with van der Waals surface area (Å²) in [4.78, 5) is 13.0. The van der Waals surface area contributed by atoms with Crippen molar-refractivity contribution in [2.24, 2.45) is 0 Å². The standard InChI is InChI=1S/C27H30ClNO/c1-5-19-6-8-21(9-7-19)26(30)18-25(29-24-16-14-23(28)15-17-24)20-10-12-22(13-11-20)27(2,3)4/h6-17,25,29H,5,18H2,1-4H3. The van der Waals surface area contributed by atoms with Gasteiger partial charge in [-0.25, -0.2) is 0 Å². The van der Waals surface area contributed by atoms with E-state index in [1.165, 1.54) is 11.1 Å². The Morgan fingerprint density at radius 2 is 1.50 bits per heavy atom. The van der Waals surface area contributed by atoms with E-state index in [2.05, 4.69) is 57.3 Å². The highest BCUT2D eigenvalue weighted by Gasteiger charge is 2.19. The molecule has 0 aliphatic heterocycles. The fourth-order valence-electron chi connectivity index (χ4n) is 3.44. The minimum atomic E-state index is -0.126. The number of Topliss-reactive ketones (excluding diaryl/α,β-unsaturated/α-hetero) is 1. The molecule has 3 heteroatoms. The molecular weight excluding hydrogens is 390 g/mol. The van der Waals surface area contributed by atoms with Crippen LogP contribution in [0.4, 0.5) is 5.69 Å². The van der Waals surface area contributed by atoms with Crippen molar-refractivity contribution in [3.8, 4) is 0 Å². The SMILES string of the molecule is CCc1ccc(C(=O)CC(Nc2ccc(Cl)cc2)c2ccc(C(C)(C)C)cc2)cc1. The molecule has 0 heterocycles. The Bertz CT molecular complexity index is 967. The fraction of sp³-hybridized carbons (Fsp3) is 0.296. The van der Waals surface area contributed by atoms with Gasteiger partial charge in [0.25, 0.3) is 0 Å². The van der Waals surface area contributed by atoms with E-state index < -0.39 is 0 Å². The van der Waals surface area contributed by atoms with Crippen LogP contribution >= 0.6 is 11.6 Å². The van der Waals surface area contributed by atoms with E-state index in [1.807, 2.05) is 48.5 Å². The van der Waals surface area contributed by atoms with Crippen molar-refractivity contribution in [2.75, 3.05) is 5.32 Å². The van der Waals surface area contributed by atoms with Crippen molar-refractivity contribution in [1.29, 1.82) is 0 Å². The molecule has 0 radical (unpaired) electrons. The van der Waals surface area contributed by atoms with Crippen LogP contribution in [-0.4, -0.2) is 5.78 Å².